The van der Waals surface area contributed by atoms with E-state index in [-0.39, 0.29) is 23.5 Å². The molecule has 3 rings (SSSR count). The van der Waals surface area contributed by atoms with E-state index < -0.39 is 0 Å². The van der Waals surface area contributed by atoms with Crippen molar-refractivity contribution in [1.82, 2.24) is 10.2 Å². The number of nitrogens with zero attached hydrogens (tertiary/aromatic N) is 1. The third kappa shape index (κ3) is 3.33. The van der Waals surface area contributed by atoms with Gasteiger partial charge in [0.2, 0.25) is 0 Å². The molecule has 2 N–H and O–H groups in total. The van der Waals surface area contributed by atoms with Crippen LogP contribution in [0.1, 0.15) is 38.2 Å². The normalized spacial score (nSPS) is 24.1. The number of aliphatic hydroxyl groups excluding tert-OH is 1. The number of hydrogen-bond donors (Lipinski definition) is 2. The van der Waals surface area contributed by atoms with Crippen LogP contribution in [0.25, 0.3) is 0 Å². The molecule has 0 bridgehead atoms. The zero-order chi connectivity index (χ0) is 16.4. The minimum absolute atomic E-state index is 0.0165. The molecule has 2 amide bonds. The van der Waals surface area contributed by atoms with Crippen molar-refractivity contribution in [2.45, 2.75) is 44.1 Å². The summed E-state index contributed by atoms with van der Waals surface area (Å²) >= 11 is 6.37. The van der Waals surface area contributed by atoms with Crippen molar-refractivity contribution in [3.63, 3.8) is 0 Å². The monoisotopic (exact) mass is 336 g/mol. The Kier molecular flexibility index (Phi) is 4.83. The number of halogens is 1. The number of carbonyl (C=O) groups excluding carboxylic acids is 1. The predicted molar refractivity (Wildman–Crippen MR) is 91.7 cm³/mol. The summed E-state index contributed by atoms with van der Waals surface area (Å²) in [6, 6.07) is 7.93. The standard InChI is InChI=1S/C18H25ClN2O2/c1-13(22)14-7-10-21(11-14)17(23)20-12-18(8-4-9-18)15-5-2-3-6-16(15)19/h2-3,5-6,13-14,22H,4,7-12H2,1H3,(H,20,23)/t13-,14+/m0/s1. The van der Waals surface area contributed by atoms with Gasteiger partial charge in [0.25, 0.3) is 0 Å². The highest BCUT2D eigenvalue weighted by Gasteiger charge is 2.40. The average molecular weight is 337 g/mol. The number of amides is 2. The molecule has 1 saturated heterocycles. The minimum Gasteiger partial charge on any atom is -0.393 e. The number of likely N-dealkylation sites (tertiary alicyclic amines) is 1. The molecular formula is C18H25ClN2O2. The first-order chi connectivity index (χ1) is 11.0. The van der Waals surface area contributed by atoms with Gasteiger partial charge in [-0.2, -0.15) is 0 Å². The first kappa shape index (κ1) is 16.6. The maximum Gasteiger partial charge on any atom is 0.317 e. The van der Waals surface area contributed by atoms with Crippen LogP contribution in [-0.4, -0.2) is 41.8 Å². The number of rotatable bonds is 4. The molecular weight excluding hydrogens is 312 g/mol. The zero-order valence-corrected chi connectivity index (χ0v) is 14.4. The van der Waals surface area contributed by atoms with E-state index in [4.69, 9.17) is 11.6 Å². The van der Waals surface area contributed by atoms with E-state index in [1.165, 1.54) is 6.42 Å². The Bertz CT molecular complexity index is 572. The van der Waals surface area contributed by atoms with Crippen molar-refractivity contribution in [2.75, 3.05) is 19.6 Å². The Morgan fingerprint density at radius 1 is 1.48 bits per heavy atom. The third-order valence-corrected chi connectivity index (χ3v) is 5.86. The highest BCUT2D eigenvalue weighted by molar-refractivity contribution is 6.31. The van der Waals surface area contributed by atoms with Crippen LogP contribution in [-0.2, 0) is 5.41 Å². The zero-order valence-electron chi connectivity index (χ0n) is 13.6. The third-order valence-electron chi connectivity index (χ3n) is 5.53. The van der Waals surface area contributed by atoms with Crippen LogP contribution in [0.5, 0.6) is 0 Å². The van der Waals surface area contributed by atoms with E-state index in [9.17, 15) is 9.90 Å². The van der Waals surface area contributed by atoms with Gasteiger partial charge in [0.1, 0.15) is 0 Å². The SMILES string of the molecule is C[C@H](O)[C@@H]1CCN(C(=O)NCC2(c3ccccc3Cl)CCC2)C1. The topological polar surface area (TPSA) is 52.6 Å². The van der Waals surface area contributed by atoms with Crippen LogP contribution in [0.15, 0.2) is 24.3 Å². The first-order valence-electron chi connectivity index (χ1n) is 8.48. The molecule has 23 heavy (non-hydrogen) atoms. The van der Waals surface area contributed by atoms with Gasteiger partial charge in [-0.15, -0.1) is 0 Å². The maximum absolute atomic E-state index is 12.4. The van der Waals surface area contributed by atoms with Crippen LogP contribution in [0, 0.1) is 5.92 Å². The van der Waals surface area contributed by atoms with E-state index in [2.05, 4.69) is 11.4 Å². The lowest BCUT2D eigenvalue weighted by molar-refractivity contribution is 0.128. The molecule has 0 unspecified atom stereocenters. The lowest BCUT2D eigenvalue weighted by atomic mass is 9.64. The fraction of sp³-hybridized carbons (Fsp3) is 0.611. The summed E-state index contributed by atoms with van der Waals surface area (Å²) in [5.41, 5.74) is 1.13. The lowest BCUT2D eigenvalue weighted by Gasteiger charge is -2.43. The fourth-order valence-electron chi connectivity index (χ4n) is 3.76. The van der Waals surface area contributed by atoms with Crippen LogP contribution in [0.4, 0.5) is 4.79 Å². The van der Waals surface area contributed by atoms with Gasteiger partial charge in [-0.1, -0.05) is 36.2 Å². The van der Waals surface area contributed by atoms with Crippen LogP contribution in [0.2, 0.25) is 5.02 Å². The van der Waals surface area contributed by atoms with Crippen LogP contribution in [0.3, 0.4) is 0 Å². The second kappa shape index (κ2) is 6.70. The van der Waals surface area contributed by atoms with Gasteiger partial charge in [-0.05, 0) is 37.8 Å². The molecule has 1 aliphatic heterocycles. The fourth-order valence-corrected chi connectivity index (χ4v) is 4.09. The number of carbonyl (C=O) groups is 1. The molecule has 1 aromatic carbocycles. The van der Waals surface area contributed by atoms with Gasteiger partial charge in [0, 0.05) is 36.0 Å². The molecule has 5 heteroatoms. The molecule has 0 aromatic heterocycles. The molecule has 2 fully saturated rings. The summed E-state index contributed by atoms with van der Waals surface area (Å²) < 4.78 is 0. The van der Waals surface area contributed by atoms with Crippen molar-refractivity contribution < 1.29 is 9.90 Å². The number of urea groups is 1. The molecule has 1 heterocycles. The summed E-state index contributed by atoms with van der Waals surface area (Å²) in [6.45, 7) is 3.79. The van der Waals surface area contributed by atoms with Crippen molar-refractivity contribution in [3.8, 4) is 0 Å². The average Bonchev–Trinajstić information content (AvgIpc) is 2.97. The van der Waals surface area contributed by atoms with Gasteiger partial charge in [-0.25, -0.2) is 4.79 Å². The molecule has 1 aliphatic carbocycles. The van der Waals surface area contributed by atoms with Gasteiger partial charge in [0.15, 0.2) is 0 Å². The van der Waals surface area contributed by atoms with E-state index in [1.54, 1.807) is 6.92 Å². The molecule has 0 radical (unpaired) electrons. The molecule has 1 saturated carbocycles. The van der Waals surface area contributed by atoms with E-state index in [1.807, 2.05) is 23.1 Å². The Balaban J connectivity index is 1.61. The van der Waals surface area contributed by atoms with Crippen molar-refractivity contribution in [2.24, 2.45) is 5.92 Å². The molecule has 1 aromatic rings. The lowest BCUT2D eigenvalue weighted by Crippen LogP contribution is -2.49. The van der Waals surface area contributed by atoms with E-state index in [0.29, 0.717) is 13.1 Å². The molecule has 2 atom stereocenters. The van der Waals surface area contributed by atoms with Crippen LogP contribution < -0.4 is 5.32 Å². The Hall–Kier alpha value is -1.26. The van der Waals surface area contributed by atoms with Gasteiger partial charge in [0.05, 0.1) is 6.10 Å². The largest absolute Gasteiger partial charge is 0.393 e. The van der Waals surface area contributed by atoms with E-state index >= 15 is 0 Å². The highest BCUT2D eigenvalue weighted by Crippen LogP contribution is 2.45. The number of nitrogens with one attached hydrogen (secondary N) is 1. The summed E-state index contributed by atoms with van der Waals surface area (Å²) in [5, 5.41) is 13.6. The summed E-state index contributed by atoms with van der Waals surface area (Å²) in [4.78, 5) is 14.2. The summed E-state index contributed by atoms with van der Waals surface area (Å²) in [7, 11) is 0. The molecule has 0 spiro atoms. The van der Waals surface area contributed by atoms with E-state index in [0.717, 1.165) is 36.4 Å². The minimum atomic E-state index is -0.353. The Labute approximate surface area is 142 Å². The quantitative estimate of drug-likeness (QED) is 0.887. The Morgan fingerprint density at radius 3 is 2.78 bits per heavy atom. The van der Waals surface area contributed by atoms with Gasteiger partial charge >= 0.3 is 6.03 Å². The van der Waals surface area contributed by atoms with Gasteiger partial charge < -0.3 is 15.3 Å². The summed E-state index contributed by atoms with van der Waals surface area (Å²) in [6.07, 6.45) is 3.82. The van der Waals surface area contributed by atoms with Gasteiger partial charge in [-0.3, -0.25) is 0 Å². The number of hydrogen-bond acceptors (Lipinski definition) is 2. The number of benzene rings is 1. The molecule has 2 aliphatic rings. The number of aliphatic hydroxyl groups is 1. The van der Waals surface area contributed by atoms with Crippen molar-refractivity contribution >= 4 is 17.6 Å². The van der Waals surface area contributed by atoms with Crippen molar-refractivity contribution in [3.05, 3.63) is 34.9 Å². The highest BCUT2D eigenvalue weighted by atomic mass is 35.5. The second-order valence-corrected chi connectivity index (χ2v) is 7.42. The first-order valence-corrected chi connectivity index (χ1v) is 8.85. The molecule has 4 nitrogen and oxygen atoms in total. The van der Waals surface area contributed by atoms with Crippen LogP contribution >= 0.6 is 11.6 Å². The summed E-state index contributed by atoms with van der Waals surface area (Å²) in [5.74, 6) is 0.196. The smallest absolute Gasteiger partial charge is 0.317 e. The second-order valence-electron chi connectivity index (χ2n) is 7.01. The maximum atomic E-state index is 12.4. The molecule has 126 valence electrons. The van der Waals surface area contributed by atoms with Crippen molar-refractivity contribution in [1.29, 1.82) is 0 Å². The Morgan fingerprint density at radius 2 is 2.22 bits per heavy atom. The predicted octanol–water partition coefficient (Wildman–Crippen LogP) is 3.17.